The van der Waals surface area contributed by atoms with Crippen LogP contribution in [0.25, 0.3) is 0 Å². The monoisotopic (exact) mass is 574 g/mol. The molecule has 0 spiro atoms. The largest absolute Gasteiger partial charge is 0.506 e. The molecule has 2 aromatic rings. The summed E-state index contributed by atoms with van der Waals surface area (Å²) >= 11 is 0. The van der Waals surface area contributed by atoms with Gasteiger partial charge in [-0.3, -0.25) is 0 Å². The normalized spacial score (nSPS) is 19.8. The van der Waals surface area contributed by atoms with Crippen molar-refractivity contribution in [2.45, 2.75) is 70.1 Å². The van der Waals surface area contributed by atoms with E-state index in [1.165, 1.54) is 0 Å². The predicted octanol–water partition coefficient (Wildman–Crippen LogP) is 4.21. The highest BCUT2D eigenvalue weighted by Crippen LogP contribution is 2.32. The second-order valence-electron chi connectivity index (χ2n) is 10.6. The molecule has 0 bridgehead atoms. The summed E-state index contributed by atoms with van der Waals surface area (Å²) in [5.41, 5.74) is 3.91. The summed E-state index contributed by atoms with van der Waals surface area (Å²) in [5, 5.41) is 27.4. The van der Waals surface area contributed by atoms with E-state index in [0.717, 1.165) is 36.0 Å². The van der Waals surface area contributed by atoms with Crippen molar-refractivity contribution in [1.82, 2.24) is 5.32 Å². The molecule has 1 saturated heterocycles. The minimum atomic E-state index is -0.480. The molecule has 41 heavy (non-hydrogen) atoms. The SMILES string of the molecule is CCC[C@@H](O)CO[C@@H]1CNC[C@H](OCc2ccc(O)c(NCCCOC)c2)[C@H]1c1ccc(COCCCOC)cc1. The van der Waals surface area contributed by atoms with Crippen LogP contribution in [0, 0.1) is 0 Å². The third-order valence-corrected chi connectivity index (χ3v) is 7.25. The molecule has 1 heterocycles. The molecule has 3 rings (SSSR count). The van der Waals surface area contributed by atoms with E-state index in [9.17, 15) is 10.2 Å². The summed E-state index contributed by atoms with van der Waals surface area (Å²) in [4.78, 5) is 0. The molecule has 0 radical (unpaired) electrons. The third-order valence-electron chi connectivity index (χ3n) is 7.25. The number of phenols is 1. The molecule has 4 atom stereocenters. The van der Waals surface area contributed by atoms with Crippen molar-refractivity contribution < 1.29 is 33.9 Å². The Bertz CT molecular complexity index is 975. The van der Waals surface area contributed by atoms with Crippen LogP contribution in [0.1, 0.15) is 55.2 Å². The minimum absolute atomic E-state index is 0.00879. The number of anilines is 1. The van der Waals surface area contributed by atoms with Crippen LogP contribution in [0.3, 0.4) is 0 Å². The molecule has 0 aromatic heterocycles. The first-order chi connectivity index (χ1) is 20.0. The fraction of sp³-hybridized carbons (Fsp3) is 0.625. The zero-order valence-corrected chi connectivity index (χ0v) is 25.0. The van der Waals surface area contributed by atoms with Gasteiger partial charge in [-0.25, -0.2) is 0 Å². The van der Waals surface area contributed by atoms with Gasteiger partial charge in [0.05, 0.1) is 43.8 Å². The maximum atomic E-state index is 10.3. The van der Waals surface area contributed by atoms with Crippen LogP contribution >= 0.6 is 0 Å². The highest BCUT2D eigenvalue weighted by atomic mass is 16.5. The Balaban J connectivity index is 1.69. The van der Waals surface area contributed by atoms with Crippen LogP contribution < -0.4 is 10.6 Å². The topological polar surface area (TPSA) is 111 Å². The van der Waals surface area contributed by atoms with E-state index in [4.69, 9.17) is 23.7 Å². The van der Waals surface area contributed by atoms with Gasteiger partial charge in [0.15, 0.2) is 0 Å². The molecule has 9 heteroatoms. The quantitative estimate of drug-likeness (QED) is 0.137. The first-order valence-electron chi connectivity index (χ1n) is 14.9. The molecule has 1 fully saturated rings. The number of rotatable bonds is 20. The molecule has 0 aliphatic carbocycles. The first kappa shape index (κ1) is 33.3. The lowest BCUT2D eigenvalue weighted by molar-refractivity contribution is -0.0783. The fourth-order valence-corrected chi connectivity index (χ4v) is 5.06. The molecule has 0 saturated carbocycles. The molecular formula is C32H50N2O7. The van der Waals surface area contributed by atoms with Gasteiger partial charge in [-0.05, 0) is 48.1 Å². The molecule has 1 aliphatic rings. The summed E-state index contributed by atoms with van der Waals surface area (Å²) in [6.45, 7) is 7.41. The summed E-state index contributed by atoms with van der Waals surface area (Å²) in [6.07, 6.45) is 2.58. The van der Waals surface area contributed by atoms with Gasteiger partial charge in [0.25, 0.3) is 0 Å². The number of ether oxygens (including phenoxy) is 5. The minimum Gasteiger partial charge on any atom is -0.506 e. The fourth-order valence-electron chi connectivity index (χ4n) is 5.06. The maximum Gasteiger partial charge on any atom is 0.138 e. The van der Waals surface area contributed by atoms with E-state index in [-0.39, 0.29) is 23.9 Å². The Morgan fingerprint density at radius 1 is 0.902 bits per heavy atom. The smallest absolute Gasteiger partial charge is 0.138 e. The molecule has 9 nitrogen and oxygen atoms in total. The van der Waals surface area contributed by atoms with Gasteiger partial charge in [0.2, 0.25) is 0 Å². The standard InChI is InChI=1S/C32H50N2O7/c1-4-7-27(35)23-41-31-20-33-19-30(32(31)26-11-8-24(9-12-26)21-39-17-6-16-38-3)40-22-25-10-13-29(36)28(18-25)34-14-5-15-37-2/h8-13,18,27,30-36H,4-7,14-17,19-23H2,1-3H3/t27-,30+,31-,32-/m1/s1. The zero-order valence-electron chi connectivity index (χ0n) is 25.0. The Labute approximate surface area is 245 Å². The molecule has 230 valence electrons. The van der Waals surface area contributed by atoms with Gasteiger partial charge in [-0.1, -0.05) is 43.7 Å². The van der Waals surface area contributed by atoms with Crippen LogP contribution in [-0.2, 0) is 36.9 Å². The molecule has 0 unspecified atom stereocenters. The Morgan fingerprint density at radius 2 is 1.61 bits per heavy atom. The molecule has 4 N–H and O–H groups in total. The van der Waals surface area contributed by atoms with Crippen LogP contribution in [0.15, 0.2) is 42.5 Å². The molecule has 1 aliphatic heterocycles. The average Bonchev–Trinajstić information content (AvgIpc) is 2.99. The van der Waals surface area contributed by atoms with Crippen molar-refractivity contribution in [3.8, 4) is 5.75 Å². The average molecular weight is 575 g/mol. The highest BCUT2D eigenvalue weighted by molar-refractivity contribution is 5.57. The Morgan fingerprint density at radius 3 is 2.34 bits per heavy atom. The number of benzene rings is 2. The van der Waals surface area contributed by atoms with Gasteiger partial charge < -0.3 is 44.5 Å². The molecular weight excluding hydrogens is 524 g/mol. The number of methoxy groups -OCH3 is 2. The van der Waals surface area contributed by atoms with Gasteiger partial charge in [-0.15, -0.1) is 0 Å². The lowest BCUT2D eigenvalue weighted by atomic mass is 9.85. The second kappa shape index (κ2) is 19.0. The van der Waals surface area contributed by atoms with E-state index >= 15 is 0 Å². The van der Waals surface area contributed by atoms with E-state index in [2.05, 4.69) is 41.8 Å². The van der Waals surface area contributed by atoms with Gasteiger partial charge in [0.1, 0.15) is 5.75 Å². The van der Waals surface area contributed by atoms with E-state index in [0.29, 0.717) is 71.4 Å². The first-order valence-corrected chi connectivity index (χ1v) is 14.9. The van der Waals surface area contributed by atoms with E-state index in [1.54, 1.807) is 20.3 Å². The predicted molar refractivity (Wildman–Crippen MR) is 161 cm³/mol. The van der Waals surface area contributed by atoms with Crippen molar-refractivity contribution in [3.05, 3.63) is 59.2 Å². The number of aliphatic hydroxyl groups excluding tert-OH is 1. The summed E-state index contributed by atoms with van der Waals surface area (Å²) < 4.78 is 28.8. The van der Waals surface area contributed by atoms with E-state index < -0.39 is 6.10 Å². The molecule has 0 amide bonds. The van der Waals surface area contributed by atoms with Crippen LogP contribution in [-0.4, -0.2) is 88.8 Å². The van der Waals surface area contributed by atoms with Crippen molar-refractivity contribution in [2.75, 3.05) is 65.6 Å². The zero-order chi connectivity index (χ0) is 29.3. The number of nitrogens with one attached hydrogen (secondary N) is 2. The van der Waals surface area contributed by atoms with Crippen LogP contribution in [0.4, 0.5) is 5.69 Å². The van der Waals surface area contributed by atoms with Crippen molar-refractivity contribution in [3.63, 3.8) is 0 Å². The second-order valence-corrected chi connectivity index (χ2v) is 10.6. The van der Waals surface area contributed by atoms with Gasteiger partial charge in [-0.2, -0.15) is 0 Å². The van der Waals surface area contributed by atoms with E-state index in [1.807, 2.05) is 12.1 Å². The van der Waals surface area contributed by atoms with Crippen LogP contribution in [0.2, 0.25) is 0 Å². The lowest BCUT2D eigenvalue weighted by Gasteiger charge is -2.39. The third kappa shape index (κ3) is 11.5. The number of aromatic hydroxyl groups is 1. The van der Waals surface area contributed by atoms with Crippen molar-refractivity contribution in [2.24, 2.45) is 0 Å². The maximum absolute atomic E-state index is 10.3. The van der Waals surface area contributed by atoms with Crippen LogP contribution in [0.5, 0.6) is 5.75 Å². The number of hydrogen-bond acceptors (Lipinski definition) is 9. The Kier molecular flexibility index (Phi) is 15.5. The summed E-state index contributed by atoms with van der Waals surface area (Å²) in [6, 6.07) is 14.0. The van der Waals surface area contributed by atoms with Gasteiger partial charge >= 0.3 is 0 Å². The van der Waals surface area contributed by atoms with Gasteiger partial charge in [0, 0.05) is 59.6 Å². The lowest BCUT2D eigenvalue weighted by Crippen LogP contribution is -2.51. The number of piperidine rings is 1. The number of hydrogen-bond donors (Lipinski definition) is 4. The molecule has 2 aromatic carbocycles. The highest BCUT2D eigenvalue weighted by Gasteiger charge is 2.36. The number of aliphatic hydroxyl groups is 1. The van der Waals surface area contributed by atoms with Crippen molar-refractivity contribution >= 4 is 5.69 Å². The summed E-state index contributed by atoms with van der Waals surface area (Å²) in [7, 11) is 3.38. The van der Waals surface area contributed by atoms with Crippen molar-refractivity contribution in [1.29, 1.82) is 0 Å². The number of phenolic OH excluding ortho intramolecular Hbond substituents is 1. The Hall–Kier alpha value is -2.24. The summed E-state index contributed by atoms with van der Waals surface area (Å²) in [5.74, 6) is 0.204.